The first-order valence-corrected chi connectivity index (χ1v) is 6.89. The van der Waals surface area contributed by atoms with E-state index in [1.165, 1.54) is 0 Å². The first-order valence-electron chi connectivity index (χ1n) is 5.39. The number of carbonyl (C=O) groups is 1. The van der Waals surface area contributed by atoms with E-state index in [1.54, 1.807) is 24.3 Å². The lowest BCUT2D eigenvalue weighted by molar-refractivity contribution is -0.132. The Kier molecular flexibility index (Phi) is 6.57. The SMILES string of the molecule is O=C(Cc1cccc(Cl)c1)N(CCBr)CC(F)F. The summed E-state index contributed by atoms with van der Waals surface area (Å²) in [5.41, 5.74) is 0.723. The minimum atomic E-state index is -2.52. The van der Waals surface area contributed by atoms with E-state index in [1.807, 2.05) is 0 Å². The van der Waals surface area contributed by atoms with Gasteiger partial charge in [-0.25, -0.2) is 8.78 Å². The van der Waals surface area contributed by atoms with Crippen molar-refractivity contribution in [2.75, 3.05) is 18.4 Å². The lowest BCUT2D eigenvalue weighted by Gasteiger charge is -2.21. The number of carbonyl (C=O) groups excluding carboxylic acids is 1. The zero-order valence-corrected chi connectivity index (χ0v) is 11.9. The largest absolute Gasteiger partial charge is 0.336 e. The molecule has 1 amide bonds. The van der Waals surface area contributed by atoms with E-state index in [9.17, 15) is 13.6 Å². The van der Waals surface area contributed by atoms with Crippen LogP contribution in [0.15, 0.2) is 24.3 Å². The van der Waals surface area contributed by atoms with Gasteiger partial charge in [-0.3, -0.25) is 4.79 Å². The molecule has 0 N–H and O–H groups in total. The fraction of sp³-hybridized carbons (Fsp3) is 0.417. The summed E-state index contributed by atoms with van der Waals surface area (Å²) in [4.78, 5) is 13.0. The Labute approximate surface area is 118 Å². The quantitative estimate of drug-likeness (QED) is 0.727. The van der Waals surface area contributed by atoms with E-state index in [-0.39, 0.29) is 18.9 Å². The van der Waals surface area contributed by atoms with Gasteiger partial charge in [-0.2, -0.15) is 0 Å². The first-order chi connectivity index (χ1) is 8.52. The monoisotopic (exact) mass is 339 g/mol. The Morgan fingerprint density at radius 3 is 2.72 bits per heavy atom. The molecule has 0 bridgehead atoms. The summed E-state index contributed by atoms with van der Waals surface area (Å²) in [6, 6.07) is 6.84. The van der Waals surface area contributed by atoms with E-state index in [0.29, 0.717) is 10.4 Å². The third-order valence-corrected chi connectivity index (χ3v) is 2.90. The summed E-state index contributed by atoms with van der Waals surface area (Å²) in [5.74, 6) is -0.322. The molecule has 6 heteroatoms. The van der Waals surface area contributed by atoms with E-state index in [2.05, 4.69) is 15.9 Å². The zero-order chi connectivity index (χ0) is 13.5. The third-order valence-electron chi connectivity index (χ3n) is 2.31. The van der Waals surface area contributed by atoms with Crippen molar-refractivity contribution in [2.45, 2.75) is 12.8 Å². The molecule has 0 saturated carbocycles. The van der Waals surface area contributed by atoms with Crippen LogP contribution in [0, 0.1) is 0 Å². The van der Waals surface area contributed by atoms with Crippen LogP contribution < -0.4 is 0 Å². The maximum Gasteiger partial charge on any atom is 0.255 e. The van der Waals surface area contributed by atoms with Gasteiger partial charge in [-0.05, 0) is 17.7 Å². The molecule has 2 nitrogen and oxygen atoms in total. The van der Waals surface area contributed by atoms with Crippen LogP contribution in [0.2, 0.25) is 5.02 Å². The summed E-state index contributed by atoms with van der Waals surface area (Å²) < 4.78 is 24.7. The van der Waals surface area contributed by atoms with Gasteiger partial charge in [0.2, 0.25) is 5.91 Å². The Balaban J connectivity index is 2.66. The normalized spacial score (nSPS) is 10.7. The molecule has 0 aliphatic rings. The molecule has 0 aromatic heterocycles. The summed E-state index contributed by atoms with van der Waals surface area (Å²) in [5, 5.41) is 1.00. The molecular weight excluding hydrogens is 327 g/mol. The van der Waals surface area contributed by atoms with Crippen LogP contribution in [0.4, 0.5) is 8.78 Å². The molecule has 0 fully saturated rings. The van der Waals surface area contributed by atoms with Gasteiger partial charge in [0.25, 0.3) is 6.43 Å². The van der Waals surface area contributed by atoms with E-state index < -0.39 is 13.0 Å². The molecule has 0 aliphatic carbocycles. The van der Waals surface area contributed by atoms with Crippen LogP contribution in [-0.2, 0) is 11.2 Å². The van der Waals surface area contributed by atoms with Crippen LogP contribution in [0.25, 0.3) is 0 Å². The van der Waals surface area contributed by atoms with E-state index in [0.717, 1.165) is 10.5 Å². The van der Waals surface area contributed by atoms with Crippen molar-refractivity contribution in [3.63, 3.8) is 0 Å². The second-order valence-corrected chi connectivity index (χ2v) is 4.96. The molecule has 0 unspecified atom stereocenters. The highest BCUT2D eigenvalue weighted by molar-refractivity contribution is 9.09. The average molecular weight is 341 g/mol. The first kappa shape index (κ1) is 15.4. The number of hydrogen-bond acceptors (Lipinski definition) is 1. The van der Waals surface area contributed by atoms with Crippen LogP contribution in [0.3, 0.4) is 0 Å². The second kappa shape index (κ2) is 7.69. The smallest absolute Gasteiger partial charge is 0.255 e. The van der Waals surface area contributed by atoms with Crippen molar-refractivity contribution < 1.29 is 13.6 Å². The van der Waals surface area contributed by atoms with Crippen LogP contribution >= 0.6 is 27.5 Å². The Morgan fingerprint density at radius 2 is 2.17 bits per heavy atom. The lowest BCUT2D eigenvalue weighted by Crippen LogP contribution is -2.37. The minimum Gasteiger partial charge on any atom is -0.336 e. The Bertz CT molecular complexity index is 403. The van der Waals surface area contributed by atoms with Gasteiger partial charge in [0.15, 0.2) is 0 Å². The van der Waals surface area contributed by atoms with Gasteiger partial charge in [0.1, 0.15) is 0 Å². The molecular formula is C12H13BrClF2NO. The molecule has 100 valence electrons. The summed E-state index contributed by atoms with van der Waals surface area (Å²) in [7, 11) is 0. The van der Waals surface area contributed by atoms with Gasteiger partial charge in [-0.1, -0.05) is 39.7 Å². The van der Waals surface area contributed by atoms with Crippen molar-refractivity contribution >= 4 is 33.4 Å². The van der Waals surface area contributed by atoms with Gasteiger partial charge in [0, 0.05) is 16.9 Å². The highest BCUT2D eigenvalue weighted by Gasteiger charge is 2.17. The van der Waals surface area contributed by atoms with Crippen LogP contribution in [-0.4, -0.2) is 35.7 Å². The Hall–Kier alpha value is -0.680. The lowest BCUT2D eigenvalue weighted by atomic mass is 10.1. The number of benzene rings is 1. The predicted octanol–water partition coefficient (Wildman–Crippen LogP) is 3.37. The molecule has 18 heavy (non-hydrogen) atoms. The van der Waals surface area contributed by atoms with Crippen molar-refractivity contribution in [2.24, 2.45) is 0 Å². The van der Waals surface area contributed by atoms with Gasteiger partial charge >= 0.3 is 0 Å². The fourth-order valence-corrected chi connectivity index (χ4v) is 2.16. The predicted molar refractivity (Wildman–Crippen MR) is 71.5 cm³/mol. The number of rotatable bonds is 6. The summed E-state index contributed by atoms with van der Waals surface area (Å²) in [6.45, 7) is -0.269. The number of halogens is 4. The molecule has 0 radical (unpaired) electrons. The topological polar surface area (TPSA) is 20.3 Å². The van der Waals surface area contributed by atoms with Crippen LogP contribution in [0.5, 0.6) is 0 Å². The number of amides is 1. The maximum atomic E-state index is 12.3. The van der Waals surface area contributed by atoms with Crippen LogP contribution in [0.1, 0.15) is 5.56 Å². The zero-order valence-electron chi connectivity index (χ0n) is 9.58. The molecule has 1 rings (SSSR count). The molecule has 0 aliphatic heterocycles. The fourth-order valence-electron chi connectivity index (χ4n) is 1.52. The van der Waals surface area contributed by atoms with Gasteiger partial charge in [-0.15, -0.1) is 0 Å². The molecule has 0 heterocycles. The van der Waals surface area contributed by atoms with Crippen molar-refractivity contribution in [3.05, 3.63) is 34.9 Å². The number of alkyl halides is 3. The van der Waals surface area contributed by atoms with Gasteiger partial charge < -0.3 is 4.90 Å². The second-order valence-electron chi connectivity index (χ2n) is 3.73. The Morgan fingerprint density at radius 1 is 1.44 bits per heavy atom. The molecule has 0 saturated heterocycles. The molecule has 1 aromatic carbocycles. The van der Waals surface area contributed by atoms with E-state index in [4.69, 9.17) is 11.6 Å². The summed E-state index contributed by atoms with van der Waals surface area (Å²) in [6.07, 6.45) is -2.44. The number of nitrogens with zero attached hydrogens (tertiary/aromatic N) is 1. The third kappa shape index (κ3) is 5.31. The van der Waals surface area contributed by atoms with Crippen molar-refractivity contribution in [3.8, 4) is 0 Å². The highest BCUT2D eigenvalue weighted by Crippen LogP contribution is 2.12. The van der Waals surface area contributed by atoms with E-state index >= 15 is 0 Å². The highest BCUT2D eigenvalue weighted by atomic mass is 79.9. The van der Waals surface area contributed by atoms with Crippen molar-refractivity contribution in [1.82, 2.24) is 4.90 Å². The molecule has 0 spiro atoms. The maximum absolute atomic E-state index is 12.3. The minimum absolute atomic E-state index is 0.0836. The van der Waals surface area contributed by atoms with Gasteiger partial charge in [0.05, 0.1) is 13.0 Å². The number of hydrogen-bond donors (Lipinski definition) is 0. The molecule has 0 atom stereocenters. The average Bonchev–Trinajstić information content (AvgIpc) is 2.27. The molecule has 1 aromatic rings. The van der Waals surface area contributed by atoms with Crippen molar-refractivity contribution in [1.29, 1.82) is 0 Å². The summed E-state index contributed by atoms with van der Waals surface area (Å²) >= 11 is 8.95. The standard InChI is InChI=1S/C12H13BrClF2NO/c13-4-5-17(8-11(15)16)12(18)7-9-2-1-3-10(14)6-9/h1-3,6,11H,4-5,7-8H2.